The van der Waals surface area contributed by atoms with E-state index in [4.69, 9.17) is 0 Å². The van der Waals surface area contributed by atoms with Crippen LogP contribution < -0.4 is 15.0 Å². The zero-order chi connectivity index (χ0) is 22.4. The topological polar surface area (TPSA) is 122 Å². The molecule has 0 aliphatic carbocycles. The number of alkyl halides is 5. The molecule has 1 amide bonds. The number of aromatic amines is 1. The summed E-state index contributed by atoms with van der Waals surface area (Å²) in [6, 6.07) is 6.11. The number of aromatic nitrogens is 2. The van der Waals surface area contributed by atoms with Crippen LogP contribution in [0.5, 0.6) is 5.75 Å². The van der Waals surface area contributed by atoms with Crippen molar-refractivity contribution in [3.63, 3.8) is 0 Å². The number of rotatable bonds is 4. The fourth-order valence-electron chi connectivity index (χ4n) is 4.16. The number of amides is 1. The summed E-state index contributed by atoms with van der Waals surface area (Å²) in [5.74, 6) is -1.56. The maximum Gasteiger partial charge on any atom is 0.422 e. The quantitative estimate of drug-likeness (QED) is 0.601. The molecule has 0 radical (unpaired) electrons. The monoisotopic (exact) mass is 464 g/mol. The number of ether oxygens (including phenoxy) is 1. The van der Waals surface area contributed by atoms with E-state index in [-0.39, 0.29) is 28.7 Å². The van der Waals surface area contributed by atoms with E-state index in [9.17, 15) is 31.9 Å². The molecule has 0 saturated carbocycles. The Bertz CT molecular complexity index is 958. The summed E-state index contributed by atoms with van der Waals surface area (Å²) in [7, 11) is 0. The van der Waals surface area contributed by atoms with E-state index >= 15 is 0 Å². The first-order valence-electron chi connectivity index (χ1n) is 9.56. The van der Waals surface area contributed by atoms with Crippen LogP contribution in [-0.2, 0) is 10.4 Å². The van der Waals surface area contributed by atoms with Crippen molar-refractivity contribution in [2.24, 2.45) is 0 Å². The van der Waals surface area contributed by atoms with Crippen molar-refractivity contribution in [1.82, 2.24) is 10.2 Å². The van der Waals surface area contributed by atoms with Crippen molar-refractivity contribution in [3.8, 4) is 5.75 Å². The normalized spacial score (nSPS) is 21.7. The average molecular weight is 464 g/mol. The Morgan fingerprint density at radius 1 is 1.19 bits per heavy atom. The molecule has 1 aromatic carbocycles. The minimum Gasteiger partial charge on any atom is -0.435 e. The van der Waals surface area contributed by atoms with E-state index in [1.807, 2.05) is 4.90 Å². The molecule has 8 nitrogen and oxygen atoms in total. The molecular formula is C19H21F5N4O4. The van der Waals surface area contributed by atoms with Crippen molar-refractivity contribution in [2.45, 2.75) is 43.6 Å². The second-order valence-electron chi connectivity index (χ2n) is 7.58. The highest BCUT2D eigenvalue weighted by Crippen LogP contribution is 2.49. The van der Waals surface area contributed by atoms with Crippen LogP contribution in [0, 0.1) is 0 Å². The molecule has 2 aromatic rings. The minimum atomic E-state index is -5.04. The summed E-state index contributed by atoms with van der Waals surface area (Å²) in [4.78, 5) is 13.6. The highest BCUT2D eigenvalue weighted by molar-refractivity contribution is 5.94. The first-order valence-corrected chi connectivity index (χ1v) is 9.56. The highest BCUT2D eigenvalue weighted by atomic mass is 19.4. The maximum absolute atomic E-state index is 13.7. The predicted octanol–water partition coefficient (Wildman–Crippen LogP) is 2.66. The van der Waals surface area contributed by atoms with E-state index in [0.717, 1.165) is 5.69 Å². The number of fused-ring (bicyclic) bond motifs is 1. The molecule has 2 aliphatic rings. The Morgan fingerprint density at radius 2 is 1.81 bits per heavy atom. The van der Waals surface area contributed by atoms with Crippen molar-refractivity contribution in [3.05, 3.63) is 35.5 Å². The summed E-state index contributed by atoms with van der Waals surface area (Å²) in [6.07, 6.45) is -5.24. The van der Waals surface area contributed by atoms with Crippen LogP contribution >= 0.6 is 0 Å². The molecule has 1 atom stereocenters. The molecule has 2 aliphatic heterocycles. The molecule has 1 fully saturated rings. The van der Waals surface area contributed by atoms with Crippen molar-refractivity contribution >= 4 is 17.4 Å². The fraction of sp³-hybridized carbons (Fsp3) is 0.474. The number of hydrogen-bond donors (Lipinski definition) is 3. The lowest BCUT2D eigenvalue weighted by Gasteiger charge is -2.37. The van der Waals surface area contributed by atoms with E-state index in [1.54, 1.807) is 12.1 Å². The SMILES string of the molecule is O.O=C1C[C@@](O)(C(F)(F)F)c2c(n[nH]c2C2CCN(c3ccc(OC(F)F)cc3)CC2)N1. The number of nitrogens with zero attached hydrogens (tertiary/aromatic N) is 2. The third kappa shape index (κ3) is 4.21. The van der Waals surface area contributed by atoms with Crippen LogP contribution in [0.3, 0.4) is 0 Å². The number of hydrogen-bond acceptors (Lipinski definition) is 5. The van der Waals surface area contributed by atoms with Gasteiger partial charge in [0.1, 0.15) is 5.75 Å². The number of halogens is 5. The Kier molecular flexibility index (Phi) is 6.33. The van der Waals surface area contributed by atoms with Gasteiger partial charge in [0.25, 0.3) is 0 Å². The van der Waals surface area contributed by atoms with Crippen molar-refractivity contribution in [2.75, 3.05) is 23.3 Å². The Balaban J connectivity index is 0.00000289. The van der Waals surface area contributed by atoms with E-state index in [1.165, 1.54) is 12.1 Å². The minimum absolute atomic E-state index is 0. The Hall–Kier alpha value is -2.93. The van der Waals surface area contributed by atoms with Crippen LogP contribution in [0.1, 0.15) is 36.4 Å². The van der Waals surface area contributed by atoms with Gasteiger partial charge in [-0.1, -0.05) is 0 Å². The van der Waals surface area contributed by atoms with Gasteiger partial charge in [-0.3, -0.25) is 9.89 Å². The largest absolute Gasteiger partial charge is 0.435 e. The van der Waals surface area contributed by atoms with Gasteiger partial charge in [0.05, 0.1) is 12.0 Å². The first-order chi connectivity index (χ1) is 14.6. The van der Waals surface area contributed by atoms with Crippen LogP contribution in [0.2, 0.25) is 0 Å². The molecule has 5 N–H and O–H groups in total. The molecule has 13 heteroatoms. The predicted molar refractivity (Wildman–Crippen MR) is 103 cm³/mol. The lowest BCUT2D eigenvalue weighted by Crippen LogP contribution is -2.48. The second kappa shape index (κ2) is 8.54. The number of carbonyl (C=O) groups is 1. The number of H-pyrrole nitrogens is 1. The van der Waals surface area contributed by atoms with Gasteiger partial charge in [0, 0.05) is 30.4 Å². The molecule has 0 spiro atoms. The molecule has 0 bridgehead atoms. The zero-order valence-corrected chi connectivity index (χ0v) is 16.5. The van der Waals surface area contributed by atoms with Crippen LogP contribution in [-0.4, -0.2) is 52.6 Å². The lowest BCUT2D eigenvalue weighted by atomic mass is 9.81. The summed E-state index contributed by atoms with van der Waals surface area (Å²) in [5, 5.41) is 19.1. The van der Waals surface area contributed by atoms with Crippen LogP contribution in [0.4, 0.5) is 33.5 Å². The maximum atomic E-state index is 13.7. The third-order valence-corrected chi connectivity index (χ3v) is 5.68. The summed E-state index contributed by atoms with van der Waals surface area (Å²) in [5.41, 5.74) is -2.79. The average Bonchev–Trinajstić information content (AvgIpc) is 3.12. The number of anilines is 2. The first kappa shape index (κ1) is 23.7. The van der Waals surface area contributed by atoms with E-state index in [2.05, 4.69) is 20.3 Å². The lowest BCUT2D eigenvalue weighted by molar-refractivity contribution is -0.267. The molecule has 3 heterocycles. The van der Waals surface area contributed by atoms with Gasteiger partial charge in [0.2, 0.25) is 5.91 Å². The molecule has 176 valence electrons. The number of carbonyl (C=O) groups excluding carboxylic acids is 1. The van der Waals surface area contributed by atoms with Gasteiger partial charge < -0.3 is 25.5 Å². The van der Waals surface area contributed by atoms with Gasteiger partial charge in [-0.15, -0.1) is 0 Å². The van der Waals surface area contributed by atoms with Crippen LogP contribution in [0.25, 0.3) is 0 Å². The van der Waals surface area contributed by atoms with Gasteiger partial charge in [-0.2, -0.15) is 27.1 Å². The van der Waals surface area contributed by atoms with Gasteiger partial charge in [-0.05, 0) is 37.1 Å². The number of nitrogens with one attached hydrogen (secondary N) is 2. The van der Waals surface area contributed by atoms with Crippen LogP contribution in [0.15, 0.2) is 24.3 Å². The Morgan fingerprint density at radius 3 is 2.38 bits per heavy atom. The molecule has 0 unspecified atom stereocenters. The van der Waals surface area contributed by atoms with Gasteiger partial charge in [0.15, 0.2) is 11.4 Å². The summed E-state index contributed by atoms with van der Waals surface area (Å²) < 4.78 is 69.8. The molecule has 1 saturated heterocycles. The summed E-state index contributed by atoms with van der Waals surface area (Å²) in [6.45, 7) is -1.93. The van der Waals surface area contributed by atoms with Crippen molar-refractivity contribution in [1.29, 1.82) is 0 Å². The number of aliphatic hydroxyl groups is 1. The number of piperidine rings is 1. The zero-order valence-electron chi connectivity index (χ0n) is 16.5. The van der Waals surface area contributed by atoms with Crippen molar-refractivity contribution < 1.29 is 42.1 Å². The fourth-order valence-corrected chi connectivity index (χ4v) is 4.16. The Labute approximate surface area is 178 Å². The standard InChI is InChI=1S/C19H19F5N4O3.H2O/c20-17(21)31-12-3-1-11(2-4-12)28-7-5-10(6-8-28)15-14-16(27-26-15)25-13(29)9-18(14,30)19(22,23)24;/h1-4,10,17,30H,5-9H2,(H2,25,26,27,29);1H2/t18-;/m0./s1. The van der Waals surface area contributed by atoms with E-state index in [0.29, 0.717) is 25.9 Å². The molecule has 1 aromatic heterocycles. The van der Waals surface area contributed by atoms with Gasteiger partial charge >= 0.3 is 12.8 Å². The second-order valence-corrected chi connectivity index (χ2v) is 7.58. The molecule has 4 rings (SSSR count). The number of benzene rings is 1. The molecule has 32 heavy (non-hydrogen) atoms. The summed E-state index contributed by atoms with van der Waals surface area (Å²) >= 11 is 0. The smallest absolute Gasteiger partial charge is 0.422 e. The molecular weight excluding hydrogens is 443 g/mol. The third-order valence-electron chi connectivity index (χ3n) is 5.68. The highest BCUT2D eigenvalue weighted by Gasteiger charge is 2.61. The van der Waals surface area contributed by atoms with E-state index < -0.39 is 36.3 Å². The van der Waals surface area contributed by atoms with Gasteiger partial charge in [-0.25, -0.2) is 0 Å².